The molecule has 0 saturated carbocycles. The molecule has 4 aromatic rings. The summed E-state index contributed by atoms with van der Waals surface area (Å²) >= 11 is 0. The Morgan fingerprint density at radius 3 is 1.45 bits per heavy atom. The molecule has 0 saturated heterocycles. The van der Waals surface area contributed by atoms with Crippen molar-refractivity contribution in [2.45, 2.75) is 41.5 Å². The standard InChI is InChI=1S/C54H48N6O6/c1-29(2)43-39-25-31(5)45(51(63)47(39)41(49(61)53(43)65)27-55-33-17-21-37(22-18-33)59-57-35-13-9-7-10-14-35)46-32(6)26-40-44(30(3)4)54(66)50(62)42(48(40)52(46)64)28-56-34-19-23-38(24-20-34)60-58-36-15-11-8-12-16-36/h7-30,55,57-60,65H,1-6H3/b41-27-,46-45+,56-28?. The van der Waals surface area contributed by atoms with Crippen LogP contribution in [0.15, 0.2) is 205 Å². The smallest absolute Gasteiger partial charge is 0.235 e. The number of anilines is 5. The highest BCUT2D eigenvalue weighted by atomic mass is 16.3. The third-order valence-electron chi connectivity index (χ3n) is 11.6. The Morgan fingerprint density at radius 1 is 0.485 bits per heavy atom. The number of carbonyl (C=O) groups is 5. The van der Waals surface area contributed by atoms with Crippen molar-refractivity contribution in [3.63, 3.8) is 0 Å². The second-order valence-electron chi connectivity index (χ2n) is 16.8. The van der Waals surface area contributed by atoms with Crippen LogP contribution in [-0.2, 0) is 24.0 Å². The van der Waals surface area contributed by atoms with Gasteiger partial charge in [0.1, 0.15) is 0 Å². The van der Waals surface area contributed by atoms with E-state index in [1.807, 2.05) is 86.6 Å². The number of Topliss-reactive ketones (excluding diaryl/α,β-unsaturated/α-hetero) is 5. The van der Waals surface area contributed by atoms with Gasteiger partial charge in [0.2, 0.25) is 17.3 Å². The van der Waals surface area contributed by atoms with Crippen molar-refractivity contribution in [1.29, 1.82) is 0 Å². The van der Waals surface area contributed by atoms with Gasteiger partial charge in [0, 0.05) is 51.5 Å². The van der Waals surface area contributed by atoms with Crippen molar-refractivity contribution >= 4 is 69.3 Å². The molecule has 0 spiro atoms. The van der Waals surface area contributed by atoms with Crippen molar-refractivity contribution in [3.8, 4) is 0 Å². The molecular weight excluding hydrogens is 829 g/mol. The van der Waals surface area contributed by atoms with Gasteiger partial charge in [0.15, 0.2) is 17.3 Å². The Balaban J connectivity index is 1.17. The van der Waals surface area contributed by atoms with Gasteiger partial charge in [0.25, 0.3) is 0 Å². The normalized spacial score (nSPS) is 18.4. The number of aliphatic hydroxyl groups is 1. The van der Waals surface area contributed by atoms with Gasteiger partial charge in [-0.3, -0.25) is 29.0 Å². The predicted molar refractivity (Wildman–Crippen MR) is 260 cm³/mol. The molecule has 330 valence electrons. The molecule has 0 radical (unpaired) electrons. The van der Waals surface area contributed by atoms with Crippen LogP contribution >= 0.6 is 0 Å². The molecule has 4 aliphatic rings. The number of para-hydroxylation sites is 2. The third-order valence-corrected chi connectivity index (χ3v) is 11.6. The lowest BCUT2D eigenvalue weighted by molar-refractivity contribution is -0.132. The van der Waals surface area contributed by atoms with E-state index in [1.54, 1.807) is 76.2 Å². The van der Waals surface area contributed by atoms with Crippen LogP contribution in [0.5, 0.6) is 0 Å². The monoisotopic (exact) mass is 876 g/mol. The molecule has 12 nitrogen and oxygen atoms in total. The number of fused-ring (bicyclic) bond motifs is 1. The average Bonchev–Trinajstić information content (AvgIpc) is 3.30. The van der Waals surface area contributed by atoms with E-state index in [4.69, 9.17) is 0 Å². The van der Waals surface area contributed by atoms with Crippen molar-refractivity contribution in [2.24, 2.45) is 16.8 Å². The molecule has 0 bridgehead atoms. The van der Waals surface area contributed by atoms with E-state index in [-0.39, 0.29) is 44.9 Å². The van der Waals surface area contributed by atoms with Crippen LogP contribution in [-0.4, -0.2) is 40.2 Å². The van der Waals surface area contributed by atoms with Crippen molar-refractivity contribution in [1.82, 2.24) is 0 Å². The molecule has 0 unspecified atom stereocenters. The van der Waals surface area contributed by atoms with Crippen LogP contribution in [0.25, 0.3) is 0 Å². The van der Waals surface area contributed by atoms with E-state index in [2.05, 4.69) is 32.0 Å². The van der Waals surface area contributed by atoms with E-state index >= 15 is 9.59 Å². The van der Waals surface area contributed by atoms with E-state index in [0.717, 1.165) is 22.7 Å². The second kappa shape index (κ2) is 18.4. The van der Waals surface area contributed by atoms with Crippen LogP contribution in [0.4, 0.5) is 34.1 Å². The fourth-order valence-electron chi connectivity index (χ4n) is 8.45. The SMILES string of the molecule is CC1=CC2=C(C(C)C)C(=O)C(=O)C(C=Nc3ccc(NNc4ccccc4)cc3)=C2C(=O)/C1=C1/C(=O)C2=C(C=C1C)C(C(C)C)=C(O)C(=O)/C2=C\Nc1ccc(NNc2ccccc2)cc1. The predicted octanol–water partition coefficient (Wildman–Crippen LogP) is 10.4. The number of aliphatic imine (C=N–C) groups is 1. The molecule has 0 amide bonds. The first-order valence-corrected chi connectivity index (χ1v) is 21.6. The zero-order chi connectivity index (χ0) is 46.8. The van der Waals surface area contributed by atoms with Crippen LogP contribution in [0, 0.1) is 11.8 Å². The highest BCUT2D eigenvalue weighted by molar-refractivity contribution is 6.56. The maximum absolute atomic E-state index is 15.2. The van der Waals surface area contributed by atoms with Crippen LogP contribution in [0.1, 0.15) is 41.5 Å². The number of nitrogens with zero attached hydrogens (tertiary/aromatic N) is 1. The summed E-state index contributed by atoms with van der Waals surface area (Å²) in [5.74, 6) is -4.80. The molecule has 0 aliphatic heterocycles. The van der Waals surface area contributed by atoms with Gasteiger partial charge < -0.3 is 32.1 Å². The first-order chi connectivity index (χ1) is 31.7. The number of nitrogens with one attached hydrogen (secondary N) is 5. The van der Waals surface area contributed by atoms with E-state index < -0.39 is 40.6 Å². The van der Waals surface area contributed by atoms with Crippen LogP contribution in [0.3, 0.4) is 0 Å². The molecule has 0 heterocycles. The quantitative estimate of drug-likeness (QED) is 0.0262. The van der Waals surface area contributed by atoms with Crippen molar-refractivity contribution < 1.29 is 29.1 Å². The molecule has 0 atom stereocenters. The summed E-state index contributed by atoms with van der Waals surface area (Å²) in [6, 6.07) is 33.4. The lowest BCUT2D eigenvalue weighted by Gasteiger charge is -2.32. The van der Waals surface area contributed by atoms with Gasteiger partial charge in [-0.25, -0.2) is 0 Å². The topological polar surface area (TPSA) is 178 Å². The summed E-state index contributed by atoms with van der Waals surface area (Å²) in [5, 5.41) is 14.5. The number of carbonyl (C=O) groups excluding carboxylic acids is 5. The minimum Gasteiger partial charge on any atom is -0.504 e. The average molecular weight is 877 g/mol. The number of aliphatic hydroxyl groups excluding tert-OH is 1. The van der Waals surface area contributed by atoms with Gasteiger partial charge in [-0.15, -0.1) is 0 Å². The van der Waals surface area contributed by atoms with Crippen LogP contribution < -0.4 is 27.0 Å². The Morgan fingerprint density at radius 2 is 0.939 bits per heavy atom. The minimum atomic E-state index is -0.878. The Hall–Kier alpha value is -8.38. The summed E-state index contributed by atoms with van der Waals surface area (Å²) < 4.78 is 0. The number of hydrogen-bond donors (Lipinski definition) is 6. The number of rotatable bonds is 12. The highest BCUT2D eigenvalue weighted by Crippen LogP contribution is 2.46. The fourth-order valence-corrected chi connectivity index (χ4v) is 8.45. The third kappa shape index (κ3) is 8.51. The Labute approximate surface area is 382 Å². The fraction of sp³-hybridized carbons (Fsp3) is 0.148. The summed E-state index contributed by atoms with van der Waals surface area (Å²) in [6.07, 6.45) is 6.04. The maximum atomic E-state index is 15.2. The maximum Gasteiger partial charge on any atom is 0.235 e. The van der Waals surface area contributed by atoms with E-state index in [1.165, 1.54) is 12.4 Å². The first-order valence-electron chi connectivity index (χ1n) is 21.6. The molecule has 4 aromatic carbocycles. The molecular formula is C54H48N6O6. The second-order valence-corrected chi connectivity index (χ2v) is 16.8. The minimum absolute atomic E-state index is 0.0275. The first kappa shape index (κ1) is 44.2. The Kier molecular flexibility index (Phi) is 12.3. The largest absolute Gasteiger partial charge is 0.504 e. The van der Waals surface area contributed by atoms with Gasteiger partial charge in [0.05, 0.1) is 39.6 Å². The summed E-state index contributed by atoms with van der Waals surface area (Å²) in [5.41, 5.74) is 18.7. The number of allylic oxidation sites excluding steroid dienone is 14. The summed E-state index contributed by atoms with van der Waals surface area (Å²) in [6.45, 7) is 10.6. The summed E-state index contributed by atoms with van der Waals surface area (Å²) in [4.78, 5) is 76.7. The highest BCUT2D eigenvalue weighted by Gasteiger charge is 2.44. The lowest BCUT2D eigenvalue weighted by Crippen LogP contribution is -2.34. The van der Waals surface area contributed by atoms with Gasteiger partial charge in [-0.1, -0.05) is 76.2 Å². The van der Waals surface area contributed by atoms with Crippen molar-refractivity contribution in [3.05, 3.63) is 200 Å². The number of ketones is 5. The molecule has 0 aromatic heterocycles. The van der Waals surface area contributed by atoms with E-state index in [9.17, 15) is 19.5 Å². The molecule has 12 heteroatoms. The zero-order valence-corrected chi connectivity index (χ0v) is 37.3. The lowest BCUT2D eigenvalue weighted by atomic mass is 9.69. The van der Waals surface area contributed by atoms with Gasteiger partial charge in [-0.2, -0.15) is 0 Å². The number of hydrogen-bond acceptors (Lipinski definition) is 12. The Bertz CT molecular complexity index is 3010. The molecule has 6 N–H and O–H groups in total. The molecule has 66 heavy (non-hydrogen) atoms. The van der Waals surface area contributed by atoms with Crippen LogP contribution in [0.2, 0.25) is 0 Å². The van der Waals surface area contributed by atoms with E-state index in [0.29, 0.717) is 39.2 Å². The zero-order valence-electron chi connectivity index (χ0n) is 37.3. The van der Waals surface area contributed by atoms with Gasteiger partial charge >= 0.3 is 0 Å². The van der Waals surface area contributed by atoms with Crippen molar-refractivity contribution in [2.75, 3.05) is 27.0 Å². The molecule has 0 fully saturated rings. The molecule has 8 rings (SSSR count). The summed E-state index contributed by atoms with van der Waals surface area (Å²) in [7, 11) is 0. The van der Waals surface area contributed by atoms with Gasteiger partial charge in [-0.05, 0) is 121 Å². The molecule has 4 aliphatic carbocycles. The number of hydrazine groups is 2. The number of benzene rings is 4.